The van der Waals surface area contributed by atoms with E-state index in [2.05, 4.69) is 5.73 Å². The molecule has 0 aromatic heterocycles. The Balaban J connectivity index is 0. The second kappa shape index (κ2) is 12.2. The van der Waals surface area contributed by atoms with E-state index >= 15 is 0 Å². The van der Waals surface area contributed by atoms with Crippen molar-refractivity contribution in [3.05, 3.63) is 11.0 Å². The second-order valence-corrected chi connectivity index (χ2v) is 3.20. The number of allylic oxidation sites excluding steroid dienone is 2. The zero-order valence-electron chi connectivity index (χ0n) is 8.66. The van der Waals surface area contributed by atoms with E-state index in [-0.39, 0.29) is 6.54 Å². The summed E-state index contributed by atoms with van der Waals surface area (Å²) in [6.45, 7) is 3.94. The Morgan fingerprint density at radius 1 is 1.64 bits per heavy atom. The van der Waals surface area contributed by atoms with Gasteiger partial charge in [-0.1, -0.05) is 19.9 Å². The Hall–Kier alpha value is -0.810. The zero-order valence-corrected chi connectivity index (χ0v) is 9.47. The largest absolute Gasteiger partial charge is 0.369 e. The molecular formula is C9H18N2O2S. The summed E-state index contributed by atoms with van der Waals surface area (Å²) in [6, 6.07) is 0. The van der Waals surface area contributed by atoms with E-state index < -0.39 is 5.91 Å². The lowest BCUT2D eigenvalue weighted by Crippen LogP contribution is -2.21. The lowest BCUT2D eigenvalue weighted by molar-refractivity contribution is -0.116. The third-order valence-electron chi connectivity index (χ3n) is 1.05. The highest BCUT2D eigenvalue weighted by Gasteiger charge is 2.00. The fourth-order valence-electron chi connectivity index (χ4n) is 0.519. The minimum Gasteiger partial charge on any atom is -0.369 e. The van der Waals surface area contributed by atoms with Gasteiger partial charge in [-0.25, -0.2) is 0 Å². The van der Waals surface area contributed by atoms with Gasteiger partial charge in [0.2, 0.25) is 5.91 Å². The molecule has 1 amide bonds. The van der Waals surface area contributed by atoms with E-state index in [1.165, 1.54) is 0 Å². The van der Waals surface area contributed by atoms with E-state index in [0.717, 1.165) is 23.4 Å². The zero-order chi connectivity index (χ0) is 11.4. The number of thioether (sulfide) groups is 1. The molecule has 4 nitrogen and oxygen atoms in total. The van der Waals surface area contributed by atoms with E-state index in [0.29, 0.717) is 0 Å². The summed E-state index contributed by atoms with van der Waals surface area (Å²) < 4.78 is 0. The average Bonchev–Trinajstić information content (AvgIpc) is 2.74. The average molecular weight is 218 g/mol. The van der Waals surface area contributed by atoms with Gasteiger partial charge in [-0.05, 0) is 6.42 Å². The van der Waals surface area contributed by atoms with E-state index in [1.807, 2.05) is 19.9 Å². The topological polar surface area (TPSA) is 86.2 Å². The predicted octanol–water partition coefficient (Wildman–Crippen LogP) is 0.663. The first-order valence-corrected chi connectivity index (χ1v) is 5.45. The van der Waals surface area contributed by atoms with Crippen molar-refractivity contribution in [3.63, 3.8) is 0 Å². The first kappa shape index (κ1) is 15.7. The number of hydrogen-bond acceptors (Lipinski definition) is 4. The number of carbonyl (C=O) groups is 2. The second-order valence-electron chi connectivity index (χ2n) is 2.03. The molecule has 4 N–H and O–H groups in total. The summed E-state index contributed by atoms with van der Waals surface area (Å²) in [7, 11) is 0. The summed E-state index contributed by atoms with van der Waals surface area (Å²) in [4.78, 5) is 20.3. The Bertz CT molecular complexity index is 193. The molecule has 0 atom stereocenters. The number of rotatable bonds is 2. The SMILES string of the molecule is CC.NCC(N)=O.O=CC1=CCCS1. The highest BCUT2D eigenvalue weighted by atomic mass is 32.2. The van der Waals surface area contributed by atoms with Crippen LogP contribution < -0.4 is 11.5 Å². The Kier molecular flexibility index (Phi) is 13.6. The smallest absolute Gasteiger partial charge is 0.231 e. The van der Waals surface area contributed by atoms with Crippen LogP contribution in [0.4, 0.5) is 0 Å². The number of amides is 1. The molecule has 0 aromatic carbocycles. The lowest BCUT2D eigenvalue weighted by Gasteiger charge is -1.79. The van der Waals surface area contributed by atoms with Gasteiger partial charge in [-0.2, -0.15) is 0 Å². The van der Waals surface area contributed by atoms with E-state index in [4.69, 9.17) is 5.73 Å². The predicted molar refractivity (Wildman–Crippen MR) is 60.8 cm³/mol. The van der Waals surface area contributed by atoms with Crippen molar-refractivity contribution in [2.75, 3.05) is 12.3 Å². The maximum absolute atomic E-state index is 9.92. The number of hydrogen-bond donors (Lipinski definition) is 2. The van der Waals surface area contributed by atoms with Crippen molar-refractivity contribution in [1.29, 1.82) is 0 Å². The summed E-state index contributed by atoms with van der Waals surface area (Å²) in [5.41, 5.74) is 9.22. The molecule has 14 heavy (non-hydrogen) atoms. The number of nitrogens with two attached hydrogens (primary N) is 2. The lowest BCUT2D eigenvalue weighted by atomic mass is 10.4. The molecule has 82 valence electrons. The summed E-state index contributed by atoms with van der Waals surface area (Å²) >= 11 is 1.64. The van der Waals surface area contributed by atoms with Crippen LogP contribution in [-0.2, 0) is 9.59 Å². The molecule has 0 spiro atoms. The molecule has 0 aromatic rings. The molecule has 1 heterocycles. The molecule has 0 aliphatic carbocycles. The normalized spacial score (nSPS) is 12.6. The van der Waals surface area contributed by atoms with Crippen LogP contribution in [-0.4, -0.2) is 24.5 Å². The molecule has 1 rings (SSSR count). The van der Waals surface area contributed by atoms with Gasteiger partial charge in [0.1, 0.15) is 0 Å². The molecule has 1 aliphatic rings. The number of aldehydes is 1. The third-order valence-corrected chi connectivity index (χ3v) is 2.09. The van der Waals surface area contributed by atoms with Gasteiger partial charge in [0, 0.05) is 10.7 Å². The molecule has 0 unspecified atom stereocenters. The van der Waals surface area contributed by atoms with Gasteiger partial charge in [0.25, 0.3) is 0 Å². The molecular weight excluding hydrogens is 200 g/mol. The summed E-state index contributed by atoms with van der Waals surface area (Å²) in [6.07, 6.45) is 3.95. The quantitative estimate of drug-likeness (QED) is 0.667. The molecule has 5 heteroatoms. The van der Waals surface area contributed by atoms with Gasteiger partial charge >= 0.3 is 0 Å². The minimum atomic E-state index is -0.468. The van der Waals surface area contributed by atoms with Crippen LogP contribution in [0.25, 0.3) is 0 Å². The van der Waals surface area contributed by atoms with Crippen molar-refractivity contribution >= 4 is 24.0 Å². The van der Waals surface area contributed by atoms with Crippen LogP contribution in [0.15, 0.2) is 11.0 Å². The Morgan fingerprint density at radius 3 is 2.29 bits per heavy atom. The Labute approximate surface area is 89.1 Å². The van der Waals surface area contributed by atoms with Crippen LogP contribution in [0.5, 0.6) is 0 Å². The number of primary amides is 1. The van der Waals surface area contributed by atoms with Crippen LogP contribution >= 0.6 is 11.8 Å². The molecule has 0 saturated carbocycles. The van der Waals surface area contributed by atoms with Crippen LogP contribution in [0.3, 0.4) is 0 Å². The Morgan fingerprint density at radius 2 is 2.14 bits per heavy atom. The fourth-order valence-corrected chi connectivity index (χ4v) is 1.29. The fraction of sp³-hybridized carbons (Fsp3) is 0.556. The summed E-state index contributed by atoms with van der Waals surface area (Å²) in [5.74, 6) is 0.624. The summed E-state index contributed by atoms with van der Waals surface area (Å²) in [5, 5.41) is 0. The van der Waals surface area contributed by atoms with Gasteiger partial charge in [0.15, 0.2) is 6.29 Å². The van der Waals surface area contributed by atoms with E-state index in [1.54, 1.807) is 11.8 Å². The maximum atomic E-state index is 9.92. The van der Waals surface area contributed by atoms with Gasteiger partial charge in [-0.3, -0.25) is 9.59 Å². The molecule has 0 fully saturated rings. The standard InChI is InChI=1S/C5H6OS.C2H6N2O.C2H6/c6-4-5-2-1-3-7-5;3-1-2(4)5;1-2/h2,4H,1,3H2;1,3H2,(H2,4,5);1-2H3. The molecule has 0 saturated heterocycles. The van der Waals surface area contributed by atoms with Crippen molar-refractivity contribution in [2.24, 2.45) is 11.5 Å². The number of carbonyl (C=O) groups excluding carboxylic acids is 2. The highest BCUT2D eigenvalue weighted by molar-refractivity contribution is 8.04. The molecule has 1 aliphatic heterocycles. The van der Waals surface area contributed by atoms with Crippen molar-refractivity contribution in [1.82, 2.24) is 0 Å². The first-order chi connectivity index (χ1) is 6.70. The highest BCUT2D eigenvalue weighted by Crippen LogP contribution is 2.21. The van der Waals surface area contributed by atoms with Crippen molar-refractivity contribution in [2.45, 2.75) is 20.3 Å². The van der Waals surface area contributed by atoms with Crippen LogP contribution in [0.1, 0.15) is 20.3 Å². The molecule has 0 radical (unpaired) electrons. The van der Waals surface area contributed by atoms with Gasteiger partial charge in [0.05, 0.1) is 6.54 Å². The maximum Gasteiger partial charge on any atom is 0.231 e. The van der Waals surface area contributed by atoms with Gasteiger partial charge in [-0.15, -0.1) is 11.8 Å². The van der Waals surface area contributed by atoms with Crippen molar-refractivity contribution in [3.8, 4) is 0 Å². The van der Waals surface area contributed by atoms with Gasteiger partial charge < -0.3 is 11.5 Å². The van der Waals surface area contributed by atoms with Crippen LogP contribution in [0, 0.1) is 0 Å². The van der Waals surface area contributed by atoms with Crippen molar-refractivity contribution < 1.29 is 9.59 Å². The minimum absolute atomic E-state index is 0.0556. The monoisotopic (exact) mass is 218 g/mol. The third kappa shape index (κ3) is 11.2. The van der Waals surface area contributed by atoms with E-state index in [9.17, 15) is 9.59 Å². The molecule has 0 bridgehead atoms. The first-order valence-electron chi connectivity index (χ1n) is 4.47. The van der Waals surface area contributed by atoms with Crippen LogP contribution in [0.2, 0.25) is 0 Å².